The van der Waals surface area contributed by atoms with E-state index in [1.54, 1.807) is 6.92 Å². The van der Waals surface area contributed by atoms with Crippen molar-refractivity contribution in [3.8, 4) is 0 Å². The van der Waals surface area contributed by atoms with E-state index in [2.05, 4.69) is 5.32 Å². The summed E-state index contributed by atoms with van der Waals surface area (Å²) in [5, 5.41) is 2.66. The molecule has 1 amide bonds. The molecule has 8 heteroatoms. The quantitative estimate of drug-likeness (QED) is 0.781. The normalized spacial score (nSPS) is 21.5. The van der Waals surface area contributed by atoms with E-state index in [9.17, 15) is 22.8 Å². The number of alkyl halides is 3. The van der Waals surface area contributed by atoms with Crippen LogP contribution < -0.4 is 5.32 Å². The van der Waals surface area contributed by atoms with E-state index in [1.165, 1.54) is 12.1 Å². The van der Waals surface area contributed by atoms with Crippen molar-refractivity contribution >= 4 is 11.7 Å². The fraction of sp³-hybridized carbons (Fsp3) is 0.579. The highest BCUT2D eigenvalue weighted by atomic mass is 19.4. The lowest BCUT2D eigenvalue weighted by atomic mass is 10.0. The number of nitrogens with one attached hydrogen (secondary N) is 1. The van der Waals surface area contributed by atoms with Crippen molar-refractivity contribution in [2.45, 2.75) is 58.2 Å². The Morgan fingerprint density at radius 1 is 1.30 bits per heavy atom. The molecule has 1 aliphatic heterocycles. The number of halogens is 3. The number of carbonyl (C=O) groups excluding carboxylic acids is 2. The van der Waals surface area contributed by atoms with Gasteiger partial charge in [0.2, 0.25) is 5.91 Å². The van der Waals surface area contributed by atoms with Crippen molar-refractivity contribution in [2.75, 3.05) is 6.61 Å². The monoisotopic (exact) mass is 387 g/mol. The number of ether oxygens (including phenoxy) is 2. The van der Waals surface area contributed by atoms with Crippen LogP contribution in [0.3, 0.4) is 0 Å². The van der Waals surface area contributed by atoms with E-state index in [-0.39, 0.29) is 24.9 Å². The van der Waals surface area contributed by atoms with Crippen LogP contribution in [0.4, 0.5) is 13.2 Å². The Kier molecular flexibility index (Phi) is 7.00. The molecule has 1 aromatic rings. The molecule has 1 aromatic carbocycles. The molecule has 27 heavy (non-hydrogen) atoms. The van der Waals surface area contributed by atoms with E-state index < -0.39 is 35.9 Å². The molecule has 0 aliphatic carbocycles. The average molecular weight is 387 g/mol. The third-order valence-electron chi connectivity index (χ3n) is 4.31. The maximum absolute atomic E-state index is 12.6. The van der Waals surface area contributed by atoms with Gasteiger partial charge < -0.3 is 14.8 Å². The summed E-state index contributed by atoms with van der Waals surface area (Å²) in [4.78, 5) is 24.3. The smallest absolute Gasteiger partial charge is 0.368 e. The topological polar surface area (TPSA) is 64.6 Å². The van der Waals surface area contributed by atoms with Gasteiger partial charge >= 0.3 is 6.18 Å². The van der Waals surface area contributed by atoms with Crippen molar-refractivity contribution in [1.29, 1.82) is 0 Å². The van der Waals surface area contributed by atoms with Crippen LogP contribution >= 0.6 is 0 Å². The summed E-state index contributed by atoms with van der Waals surface area (Å²) in [6, 6.07) is 3.90. The highest BCUT2D eigenvalue weighted by Gasteiger charge is 2.35. The van der Waals surface area contributed by atoms with Crippen molar-refractivity contribution in [1.82, 2.24) is 5.32 Å². The van der Waals surface area contributed by atoms with Crippen LogP contribution in [0.1, 0.15) is 38.3 Å². The molecular weight excluding hydrogens is 363 g/mol. The number of hydrogen-bond donors (Lipinski definition) is 1. The fourth-order valence-electron chi connectivity index (χ4n) is 2.77. The summed E-state index contributed by atoms with van der Waals surface area (Å²) in [5.41, 5.74) is -0.213. The third kappa shape index (κ3) is 6.04. The van der Waals surface area contributed by atoms with Crippen molar-refractivity contribution < 1.29 is 32.2 Å². The minimum absolute atomic E-state index is 0.00634. The summed E-state index contributed by atoms with van der Waals surface area (Å²) < 4.78 is 48.7. The van der Waals surface area contributed by atoms with Gasteiger partial charge in [0.25, 0.3) is 0 Å². The number of amides is 1. The van der Waals surface area contributed by atoms with Crippen LogP contribution in [0.15, 0.2) is 24.3 Å². The SMILES string of the molecule is CC(C)CC(OCc1ccc(C(F)(F)F)cc1)C(=O)N[C@H]1C(=O)CO[C@@H]1C. The molecule has 0 saturated carbocycles. The van der Waals surface area contributed by atoms with Gasteiger partial charge in [0.1, 0.15) is 18.8 Å². The second-order valence-electron chi connectivity index (χ2n) is 7.09. The zero-order chi connectivity index (χ0) is 20.2. The molecule has 3 atom stereocenters. The fourth-order valence-corrected chi connectivity index (χ4v) is 2.77. The van der Waals surface area contributed by atoms with Crippen molar-refractivity contribution in [2.24, 2.45) is 5.92 Å². The molecule has 150 valence electrons. The van der Waals surface area contributed by atoms with E-state index >= 15 is 0 Å². The lowest BCUT2D eigenvalue weighted by molar-refractivity contribution is -0.137. The zero-order valence-corrected chi connectivity index (χ0v) is 15.5. The first-order chi connectivity index (χ1) is 12.6. The Hall–Kier alpha value is -1.93. The van der Waals surface area contributed by atoms with Crippen LogP contribution in [0.5, 0.6) is 0 Å². The van der Waals surface area contributed by atoms with Gasteiger partial charge in [-0.25, -0.2) is 0 Å². The molecule has 0 bridgehead atoms. The first kappa shape index (κ1) is 21.4. The maximum Gasteiger partial charge on any atom is 0.416 e. The predicted molar refractivity (Wildman–Crippen MR) is 91.8 cm³/mol. The number of carbonyl (C=O) groups is 2. The molecule has 1 heterocycles. The zero-order valence-electron chi connectivity index (χ0n) is 15.5. The van der Waals surface area contributed by atoms with Gasteiger partial charge in [-0.2, -0.15) is 13.2 Å². The lowest BCUT2D eigenvalue weighted by Crippen LogP contribution is -2.48. The molecular formula is C19H24F3NO4. The van der Waals surface area contributed by atoms with Crippen molar-refractivity contribution in [3.05, 3.63) is 35.4 Å². The predicted octanol–water partition coefficient (Wildman–Crippen LogP) is 3.11. The van der Waals surface area contributed by atoms with Gasteiger partial charge in [-0.05, 0) is 37.0 Å². The Labute approximate surface area is 156 Å². The second-order valence-corrected chi connectivity index (χ2v) is 7.09. The number of hydrogen-bond acceptors (Lipinski definition) is 4. The Balaban J connectivity index is 1.99. The summed E-state index contributed by atoms with van der Waals surface area (Å²) in [7, 11) is 0. The summed E-state index contributed by atoms with van der Waals surface area (Å²) in [5.74, 6) is -0.463. The van der Waals surface area contributed by atoms with Gasteiger partial charge in [0, 0.05) is 0 Å². The largest absolute Gasteiger partial charge is 0.416 e. The number of benzene rings is 1. The molecule has 1 N–H and O–H groups in total. The molecule has 0 radical (unpaired) electrons. The first-order valence-corrected chi connectivity index (χ1v) is 8.80. The molecule has 1 saturated heterocycles. The minimum atomic E-state index is -4.40. The molecule has 2 rings (SSSR count). The molecule has 0 aromatic heterocycles. The molecule has 1 aliphatic rings. The summed E-state index contributed by atoms with van der Waals surface area (Å²) >= 11 is 0. The highest BCUT2D eigenvalue weighted by molar-refractivity contribution is 5.92. The van der Waals surface area contributed by atoms with E-state index in [0.717, 1.165) is 12.1 Å². The molecule has 5 nitrogen and oxygen atoms in total. The van der Waals surface area contributed by atoms with E-state index in [4.69, 9.17) is 9.47 Å². The van der Waals surface area contributed by atoms with Gasteiger partial charge in [-0.15, -0.1) is 0 Å². The maximum atomic E-state index is 12.6. The van der Waals surface area contributed by atoms with Crippen LogP contribution in [-0.4, -0.2) is 36.5 Å². The molecule has 0 spiro atoms. The summed E-state index contributed by atoms with van der Waals surface area (Å²) in [6.07, 6.45) is -5.20. The lowest BCUT2D eigenvalue weighted by Gasteiger charge is -2.22. The van der Waals surface area contributed by atoms with Gasteiger partial charge in [0.15, 0.2) is 5.78 Å². The van der Waals surface area contributed by atoms with Crippen LogP contribution in [0.25, 0.3) is 0 Å². The van der Waals surface area contributed by atoms with Crippen LogP contribution in [0, 0.1) is 5.92 Å². The number of Topliss-reactive ketones (excluding diaryl/α,β-unsaturated/α-hetero) is 1. The Bertz CT molecular complexity index is 658. The van der Waals surface area contributed by atoms with E-state index in [1.807, 2.05) is 13.8 Å². The Morgan fingerprint density at radius 2 is 1.93 bits per heavy atom. The average Bonchev–Trinajstić information content (AvgIpc) is 2.89. The minimum Gasteiger partial charge on any atom is -0.368 e. The first-order valence-electron chi connectivity index (χ1n) is 8.80. The summed E-state index contributed by atoms with van der Waals surface area (Å²) in [6.45, 7) is 5.51. The van der Waals surface area contributed by atoms with Gasteiger partial charge in [0.05, 0.1) is 18.3 Å². The number of ketones is 1. The standard InChI is InChI=1S/C19H24F3NO4/c1-11(2)8-16(18(25)23-17-12(3)26-10-15(17)24)27-9-13-4-6-14(7-5-13)19(20,21)22/h4-7,11-12,16-17H,8-10H2,1-3H3,(H,23,25)/t12-,16?,17-/m1/s1. The second kappa shape index (κ2) is 8.84. The third-order valence-corrected chi connectivity index (χ3v) is 4.31. The number of rotatable bonds is 7. The van der Waals surface area contributed by atoms with Crippen molar-refractivity contribution in [3.63, 3.8) is 0 Å². The van der Waals surface area contributed by atoms with Crippen LogP contribution in [0.2, 0.25) is 0 Å². The van der Waals surface area contributed by atoms with Gasteiger partial charge in [-0.3, -0.25) is 9.59 Å². The Morgan fingerprint density at radius 3 is 2.41 bits per heavy atom. The molecule has 1 fully saturated rings. The van der Waals surface area contributed by atoms with Crippen LogP contribution in [-0.2, 0) is 31.8 Å². The van der Waals surface area contributed by atoms with Gasteiger partial charge in [-0.1, -0.05) is 26.0 Å². The van der Waals surface area contributed by atoms with E-state index in [0.29, 0.717) is 12.0 Å². The molecule has 1 unspecified atom stereocenters. The highest BCUT2D eigenvalue weighted by Crippen LogP contribution is 2.29.